The van der Waals surface area contributed by atoms with Crippen molar-refractivity contribution in [2.75, 3.05) is 13.1 Å². The van der Waals surface area contributed by atoms with Crippen molar-refractivity contribution in [1.82, 2.24) is 4.90 Å². The quantitative estimate of drug-likeness (QED) is 0.672. The van der Waals surface area contributed by atoms with Crippen LogP contribution in [0.2, 0.25) is 24.7 Å². The van der Waals surface area contributed by atoms with Gasteiger partial charge in [-0.15, -0.1) is 0 Å². The van der Waals surface area contributed by atoms with E-state index >= 15 is 0 Å². The van der Waals surface area contributed by atoms with Gasteiger partial charge in [0.1, 0.15) is 0 Å². The lowest BCUT2D eigenvalue weighted by molar-refractivity contribution is 0.0653. The van der Waals surface area contributed by atoms with Crippen LogP contribution in [-0.2, 0) is 16.6 Å². The standard InChI is InChI=1S/C20H26ClNOSi/c1-24(2,3)23-20(18-9-11-19(21)12-10-18)13-14-22(16-20)15-17-7-5-4-6-8-17/h4-12H,13-16H2,1-3H3. The fourth-order valence-corrected chi connectivity index (χ4v) is 5.13. The normalized spacial score (nSPS) is 22.0. The molecule has 128 valence electrons. The molecule has 1 saturated heterocycles. The average Bonchev–Trinajstić information content (AvgIpc) is 2.91. The molecule has 0 aliphatic carbocycles. The number of likely N-dealkylation sites (tertiary alicyclic amines) is 1. The van der Waals surface area contributed by atoms with Gasteiger partial charge >= 0.3 is 0 Å². The Morgan fingerprint density at radius 2 is 1.71 bits per heavy atom. The summed E-state index contributed by atoms with van der Waals surface area (Å²) in [6.07, 6.45) is 1.03. The molecule has 1 unspecified atom stereocenters. The molecule has 1 fully saturated rings. The Balaban J connectivity index is 1.83. The van der Waals surface area contributed by atoms with Crippen molar-refractivity contribution >= 4 is 19.9 Å². The minimum atomic E-state index is -1.67. The van der Waals surface area contributed by atoms with Crippen molar-refractivity contribution < 1.29 is 4.43 Å². The Bertz CT molecular complexity index is 668. The van der Waals surface area contributed by atoms with Crippen LogP contribution in [-0.4, -0.2) is 26.3 Å². The third-order valence-corrected chi connectivity index (χ3v) is 5.69. The van der Waals surface area contributed by atoms with Crippen molar-refractivity contribution in [3.05, 3.63) is 70.7 Å². The molecule has 2 nitrogen and oxygen atoms in total. The molecule has 1 heterocycles. The molecule has 0 amide bonds. The SMILES string of the molecule is C[Si](C)(C)OC1(c2ccc(Cl)cc2)CCN(Cc2ccccc2)C1. The molecule has 0 saturated carbocycles. The van der Waals surface area contributed by atoms with Gasteiger partial charge in [0.15, 0.2) is 8.32 Å². The molecule has 0 aromatic heterocycles. The van der Waals surface area contributed by atoms with E-state index in [9.17, 15) is 0 Å². The number of nitrogens with zero attached hydrogens (tertiary/aromatic N) is 1. The summed E-state index contributed by atoms with van der Waals surface area (Å²) in [5.74, 6) is 0. The van der Waals surface area contributed by atoms with E-state index in [1.807, 2.05) is 12.1 Å². The Hall–Kier alpha value is -1.13. The molecule has 0 radical (unpaired) electrons. The van der Waals surface area contributed by atoms with Crippen LogP contribution >= 0.6 is 11.6 Å². The van der Waals surface area contributed by atoms with E-state index in [2.05, 4.69) is 67.0 Å². The second-order valence-electron chi connectivity index (χ2n) is 7.66. The minimum absolute atomic E-state index is 0.205. The van der Waals surface area contributed by atoms with Crippen LogP contribution in [0.15, 0.2) is 54.6 Å². The van der Waals surface area contributed by atoms with Crippen LogP contribution in [0.3, 0.4) is 0 Å². The zero-order chi connectivity index (χ0) is 17.2. The first-order valence-corrected chi connectivity index (χ1v) is 12.4. The van der Waals surface area contributed by atoms with Crippen LogP contribution in [0.4, 0.5) is 0 Å². The predicted molar refractivity (Wildman–Crippen MR) is 104 cm³/mol. The number of hydrogen-bond acceptors (Lipinski definition) is 2. The average molecular weight is 360 g/mol. The topological polar surface area (TPSA) is 12.5 Å². The molecule has 0 bridgehead atoms. The Labute approximate surface area is 151 Å². The molecule has 1 aliphatic rings. The lowest BCUT2D eigenvalue weighted by atomic mass is 9.93. The summed E-state index contributed by atoms with van der Waals surface area (Å²) in [4.78, 5) is 2.50. The molecule has 2 aromatic rings. The molecular formula is C20H26ClNOSi. The highest BCUT2D eigenvalue weighted by Crippen LogP contribution is 2.39. The molecule has 3 rings (SSSR count). The van der Waals surface area contributed by atoms with Crippen molar-refractivity contribution in [2.24, 2.45) is 0 Å². The highest BCUT2D eigenvalue weighted by molar-refractivity contribution is 6.69. The van der Waals surface area contributed by atoms with E-state index in [1.165, 1.54) is 11.1 Å². The van der Waals surface area contributed by atoms with Gasteiger partial charge in [0.2, 0.25) is 0 Å². The third kappa shape index (κ3) is 4.28. The van der Waals surface area contributed by atoms with Gasteiger partial charge in [0, 0.05) is 24.7 Å². The molecule has 24 heavy (non-hydrogen) atoms. The molecule has 4 heteroatoms. The van der Waals surface area contributed by atoms with Gasteiger partial charge < -0.3 is 4.43 Å². The Morgan fingerprint density at radius 3 is 2.33 bits per heavy atom. The van der Waals surface area contributed by atoms with E-state index in [-0.39, 0.29) is 5.60 Å². The van der Waals surface area contributed by atoms with Crippen LogP contribution in [0.25, 0.3) is 0 Å². The summed E-state index contributed by atoms with van der Waals surface area (Å²) < 4.78 is 6.73. The summed E-state index contributed by atoms with van der Waals surface area (Å²) in [6.45, 7) is 9.78. The maximum absolute atomic E-state index is 6.73. The lowest BCUT2D eigenvalue weighted by Gasteiger charge is -2.37. The molecular weight excluding hydrogens is 334 g/mol. The second-order valence-corrected chi connectivity index (χ2v) is 12.5. The van der Waals surface area contributed by atoms with Crippen molar-refractivity contribution in [2.45, 2.75) is 38.2 Å². The van der Waals surface area contributed by atoms with Gasteiger partial charge in [-0.2, -0.15) is 0 Å². The summed E-state index contributed by atoms with van der Waals surface area (Å²) in [6, 6.07) is 18.9. The lowest BCUT2D eigenvalue weighted by Crippen LogP contribution is -2.42. The van der Waals surface area contributed by atoms with Gasteiger partial charge in [0.05, 0.1) is 5.60 Å². The van der Waals surface area contributed by atoms with Gasteiger partial charge in [-0.25, -0.2) is 0 Å². The molecule has 0 N–H and O–H groups in total. The van der Waals surface area contributed by atoms with Gasteiger partial charge in [-0.05, 0) is 49.3 Å². The smallest absolute Gasteiger partial charge is 0.185 e. The first-order chi connectivity index (χ1) is 11.4. The van der Waals surface area contributed by atoms with Gasteiger partial charge in [0.25, 0.3) is 0 Å². The van der Waals surface area contributed by atoms with Crippen LogP contribution in [0, 0.1) is 0 Å². The zero-order valence-electron chi connectivity index (χ0n) is 14.8. The van der Waals surface area contributed by atoms with Crippen LogP contribution in [0.5, 0.6) is 0 Å². The third-order valence-electron chi connectivity index (χ3n) is 4.43. The maximum atomic E-state index is 6.73. The van der Waals surface area contributed by atoms with E-state index in [4.69, 9.17) is 16.0 Å². The number of hydrogen-bond donors (Lipinski definition) is 0. The van der Waals surface area contributed by atoms with Crippen molar-refractivity contribution in [1.29, 1.82) is 0 Å². The summed E-state index contributed by atoms with van der Waals surface area (Å²) in [5, 5.41) is 0.779. The second kappa shape index (κ2) is 7.01. The zero-order valence-corrected chi connectivity index (χ0v) is 16.5. The Kier molecular flexibility index (Phi) is 5.16. The van der Waals surface area contributed by atoms with Crippen LogP contribution < -0.4 is 0 Å². The summed E-state index contributed by atoms with van der Waals surface area (Å²) in [7, 11) is -1.67. The number of rotatable bonds is 5. The van der Waals surface area contributed by atoms with E-state index in [0.29, 0.717) is 0 Å². The largest absolute Gasteiger partial charge is 0.407 e. The van der Waals surface area contributed by atoms with E-state index in [0.717, 1.165) is 31.1 Å². The van der Waals surface area contributed by atoms with Crippen molar-refractivity contribution in [3.63, 3.8) is 0 Å². The molecule has 1 aliphatic heterocycles. The molecule has 2 aromatic carbocycles. The van der Waals surface area contributed by atoms with Crippen LogP contribution in [0.1, 0.15) is 17.5 Å². The fraction of sp³-hybridized carbons (Fsp3) is 0.400. The number of benzene rings is 2. The van der Waals surface area contributed by atoms with Crippen molar-refractivity contribution in [3.8, 4) is 0 Å². The predicted octanol–water partition coefficient (Wildman–Crippen LogP) is 5.29. The molecule has 1 atom stereocenters. The van der Waals surface area contributed by atoms with E-state index in [1.54, 1.807) is 0 Å². The van der Waals surface area contributed by atoms with E-state index < -0.39 is 8.32 Å². The highest BCUT2D eigenvalue weighted by atomic mass is 35.5. The Morgan fingerprint density at radius 1 is 1.04 bits per heavy atom. The molecule has 0 spiro atoms. The monoisotopic (exact) mass is 359 g/mol. The van der Waals surface area contributed by atoms with Gasteiger partial charge in [-0.3, -0.25) is 4.90 Å². The van der Waals surface area contributed by atoms with Gasteiger partial charge in [-0.1, -0.05) is 54.1 Å². The summed E-state index contributed by atoms with van der Waals surface area (Å²) >= 11 is 6.09. The highest BCUT2D eigenvalue weighted by Gasteiger charge is 2.43. The summed E-state index contributed by atoms with van der Waals surface area (Å²) in [5.41, 5.74) is 2.41. The maximum Gasteiger partial charge on any atom is 0.185 e. The first kappa shape index (κ1) is 17.7. The first-order valence-electron chi connectivity index (χ1n) is 8.59. The fourth-order valence-electron chi connectivity index (χ4n) is 3.55. The minimum Gasteiger partial charge on any atom is -0.407 e. The number of halogens is 1.